The molecule has 0 saturated heterocycles. The molecule has 1 heterocycles. The zero-order chi connectivity index (χ0) is 9.30. The average molecular weight is 298 g/mol. The van der Waals surface area contributed by atoms with E-state index in [1.165, 1.54) is 0 Å². The molecule has 0 aliphatic carbocycles. The molecule has 0 saturated carbocycles. The number of aliphatic hydroxyl groups is 1. The smallest absolute Gasteiger partial charge is 0.0966 e. The first-order valence-corrected chi connectivity index (χ1v) is 5.08. The van der Waals surface area contributed by atoms with Crippen molar-refractivity contribution in [3.8, 4) is 0 Å². The lowest BCUT2D eigenvalue weighted by Crippen LogP contribution is -2.23. The number of rotatable bonds is 2. The van der Waals surface area contributed by atoms with Gasteiger partial charge in [0.2, 0.25) is 0 Å². The number of hydrogen-bond acceptors (Lipinski definition) is 2. The van der Waals surface area contributed by atoms with Gasteiger partial charge in [0.05, 0.1) is 16.7 Å². The fourth-order valence-corrected chi connectivity index (χ4v) is 1.55. The average Bonchev–Trinajstić information content (AvgIpc) is 2.30. The van der Waals surface area contributed by atoms with E-state index in [1.54, 1.807) is 6.92 Å². The Morgan fingerprint density at radius 2 is 2.17 bits per heavy atom. The van der Waals surface area contributed by atoms with Gasteiger partial charge in [0, 0.05) is 10.2 Å². The molecule has 0 bridgehead atoms. The van der Waals surface area contributed by atoms with E-state index in [0.717, 1.165) is 14.8 Å². The number of aliphatic hydroxyl groups excluding tert-OH is 1. The predicted octanol–water partition coefficient (Wildman–Crippen LogP) is 1.92. The highest BCUT2D eigenvalue weighted by atomic mass is 79.9. The van der Waals surface area contributed by atoms with Gasteiger partial charge in [0.25, 0.3) is 0 Å². The number of hydrogen-bond donors (Lipinski definition) is 3. The van der Waals surface area contributed by atoms with Crippen LogP contribution in [0.15, 0.2) is 15.1 Å². The number of H-pyrrole nitrogens is 1. The second-order valence-corrected chi connectivity index (χ2v) is 4.30. The van der Waals surface area contributed by atoms with Crippen molar-refractivity contribution in [1.29, 1.82) is 0 Å². The van der Waals surface area contributed by atoms with Crippen molar-refractivity contribution in [2.24, 2.45) is 5.73 Å². The number of nitrogens with two attached hydrogens (primary N) is 1. The van der Waals surface area contributed by atoms with Crippen LogP contribution in [0.1, 0.15) is 18.7 Å². The number of aromatic nitrogens is 1. The van der Waals surface area contributed by atoms with E-state index >= 15 is 0 Å². The molecule has 0 aromatic carbocycles. The first-order valence-electron chi connectivity index (χ1n) is 3.50. The van der Waals surface area contributed by atoms with Crippen molar-refractivity contribution < 1.29 is 5.11 Å². The fourth-order valence-electron chi connectivity index (χ4n) is 0.862. The third-order valence-corrected chi connectivity index (χ3v) is 3.41. The molecule has 0 fully saturated rings. The van der Waals surface area contributed by atoms with Crippen LogP contribution < -0.4 is 5.73 Å². The van der Waals surface area contributed by atoms with Crippen molar-refractivity contribution in [3.05, 3.63) is 20.8 Å². The van der Waals surface area contributed by atoms with Crippen molar-refractivity contribution in [2.75, 3.05) is 0 Å². The Labute approximate surface area is 87.6 Å². The van der Waals surface area contributed by atoms with E-state index in [0.29, 0.717) is 0 Å². The second-order valence-electron chi connectivity index (χ2n) is 2.65. The Bertz CT molecular complexity index is 253. The summed E-state index contributed by atoms with van der Waals surface area (Å²) in [6.07, 6.45) is -0.553. The molecule has 68 valence electrons. The minimum Gasteiger partial charge on any atom is -0.391 e. The summed E-state index contributed by atoms with van der Waals surface area (Å²) in [6, 6.07) is 1.48. The maximum Gasteiger partial charge on any atom is 0.0966 e. The highest BCUT2D eigenvalue weighted by molar-refractivity contribution is 9.13. The molecule has 2 atom stereocenters. The van der Waals surface area contributed by atoms with E-state index < -0.39 is 6.10 Å². The van der Waals surface area contributed by atoms with Crippen LogP contribution in [0.3, 0.4) is 0 Å². The summed E-state index contributed by atoms with van der Waals surface area (Å²) in [4.78, 5) is 3.01. The summed E-state index contributed by atoms with van der Waals surface area (Å²) in [7, 11) is 0. The molecule has 0 amide bonds. The van der Waals surface area contributed by atoms with Gasteiger partial charge in [-0.2, -0.15) is 0 Å². The topological polar surface area (TPSA) is 62.0 Å². The van der Waals surface area contributed by atoms with Gasteiger partial charge in [-0.1, -0.05) is 0 Å². The van der Waals surface area contributed by atoms with Gasteiger partial charge >= 0.3 is 0 Å². The monoisotopic (exact) mass is 296 g/mol. The predicted molar refractivity (Wildman–Crippen MR) is 54.8 cm³/mol. The standard InChI is InChI=1S/C7H10Br2N2O/c1-3(12)6(10)5-2-4(8)7(9)11-5/h2-3,6,11-12H,10H2,1H3/t3-,6-/m0/s1. The zero-order valence-electron chi connectivity index (χ0n) is 6.51. The molecule has 0 unspecified atom stereocenters. The third kappa shape index (κ3) is 2.10. The molecule has 0 aliphatic heterocycles. The first kappa shape index (κ1) is 10.2. The summed E-state index contributed by atoms with van der Waals surface area (Å²) >= 11 is 6.61. The van der Waals surface area contributed by atoms with E-state index in [9.17, 15) is 5.11 Å². The van der Waals surface area contributed by atoms with Gasteiger partial charge in [-0.05, 0) is 44.8 Å². The number of aromatic amines is 1. The molecule has 0 spiro atoms. The summed E-state index contributed by atoms with van der Waals surface area (Å²) < 4.78 is 1.75. The second kappa shape index (κ2) is 3.91. The van der Waals surface area contributed by atoms with Crippen LogP contribution in [-0.4, -0.2) is 16.2 Å². The summed E-state index contributed by atoms with van der Waals surface area (Å²) in [5.41, 5.74) is 6.51. The molecular formula is C7H10Br2N2O. The van der Waals surface area contributed by atoms with Gasteiger partial charge in [0.15, 0.2) is 0 Å². The molecule has 0 radical (unpaired) electrons. The molecule has 12 heavy (non-hydrogen) atoms. The van der Waals surface area contributed by atoms with E-state index in [4.69, 9.17) is 5.73 Å². The van der Waals surface area contributed by atoms with Crippen LogP contribution in [0.2, 0.25) is 0 Å². The normalized spacial score (nSPS) is 16.1. The van der Waals surface area contributed by atoms with Crippen molar-refractivity contribution in [2.45, 2.75) is 19.1 Å². The van der Waals surface area contributed by atoms with Crippen molar-refractivity contribution >= 4 is 31.9 Å². The number of halogens is 2. The summed E-state index contributed by atoms with van der Waals surface area (Å²) in [5.74, 6) is 0. The van der Waals surface area contributed by atoms with Crippen LogP contribution >= 0.6 is 31.9 Å². The first-order chi connectivity index (χ1) is 5.52. The molecule has 3 nitrogen and oxygen atoms in total. The van der Waals surface area contributed by atoms with Gasteiger partial charge in [-0.25, -0.2) is 0 Å². The van der Waals surface area contributed by atoms with Crippen molar-refractivity contribution in [3.63, 3.8) is 0 Å². The summed E-state index contributed by atoms with van der Waals surface area (Å²) in [6.45, 7) is 1.66. The largest absolute Gasteiger partial charge is 0.391 e. The van der Waals surface area contributed by atoms with Crippen molar-refractivity contribution in [1.82, 2.24) is 4.98 Å². The molecule has 1 aromatic rings. The lowest BCUT2D eigenvalue weighted by atomic mass is 10.1. The maximum atomic E-state index is 9.20. The Morgan fingerprint density at radius 1 is 1.58 bits per heavy atom. The molecule has 0 aliphatic rings. The Kier molecular flexibility index (Phi) is 3.34. The van der Waals surface area contributed by atoms with E-state index in [1.807, 2.05) is 6.07 Å². The molecule has 4 N–H and O–H groups in total. The van der Waals surface area contributed by atoms with E-state index in [2.05, 4.69) is 36.8 Å². The van der Waals surface area contributed by atoms with Crippen LogP contribution in [0.25, 0.3) is 0 Å². The fraction of sp³-hybridized carbons (Fsp3) is 0.429. The van der Waals surface area contributed by atoms with Gasteiger partial charge in [-0.3, -0.25) is 0 Å². The maximum absolute atomic E-state index is 9.20. The Balaban J connectivity index is 2.89. The van der Waals surface area contributed by atoms with Gasteiger partial charge in [-0.15, -0.1) is 0 Å². The third-order valence-electron chi connectivity index (χ3n) is 1.62. The molecule has 1 rings (SSSR count). The van der Waals surface area contributed by atoms with Crippen LogP contribution in [0.4, 0.5) is 0 Å². The lowest BCUT2D eigenvalue weighted by molar-refractivity contribution is 0.162. The van der Waals surface area contributed by atoms with Crippen LogP contribution in [0.5, 0.6) is 0 Å². The van der Waals surface area contributed by atoms with Crippen LogP contribution in [-0.2, 0) is 0 Å². The lowest BCUT2D eigenvalue weighted by Gasteiger charge is -2.12. The summed E-state index contributed by atoms with van der Waals surface area (Å²) in [5, 5.41) is 9.20. The number of nitrogens with one attached hydrogen (secondary N) is 1. The molecule has 1 aromatic heterocycles. The van der Waals surface area contributed by atoms with Crippen LogP contribution in [0, 0.1) is 0 Å². The minimum atomic E-state index is -0.553. The quantitative estimate of drug-likeness (QED) is 0.781. The highest BCUT2D eigenvalue weighted by Crippen LogP contribution is 2.26. The minimum absolute atomic E-state index is 0.368. The Hall–Kier alpha value is 0.160. The SMILES string of the molecule is C[C@H](O)[C@H](N)c1cc(Br)c(Br)[nH]1. The Morgan fingerprint density at radius 3 is 2.50 bits per heavy atom. The highest BCUT2D eigenvalue weighted by Gasteiger charge is 2.15. The molecule has 5 heteroatoms. The zero-order valence-corrected chi connectivity index (χ0v) is 9.68. The molecular weight excluding hydrogens is 288 g/mol. The van der Waals surface area contributed by atoms with E-state index in [-0.39, 0.29) is 6.04 Å². The van der Waals surface area contributed by atoms with Gasteiger partial charge < -0.3 is 15.8 Å². The van der Waals surface area contributed by atoms with Gasteiger partial charge in [0.1, 0.15) is 0 Å².